The topological polar surface area (TPSA) is 92.8 Å². The Bertz CT molecular complexity index is 823. The number of methoxy groups -OCH3 is 1. The first-order chi connectivity index (χ1) is 12.8. The Labute approximate surface area is 160 Å². The molecule has 0 saturated carbocycles. The van der Waals surface area contributed by atoms with Gasteiger partial charge in [-0.25, -0.2) is 8.42 Å². The number of amides is 2. The van der Waals surface area contributed by atoms with Gasteiger partial charge in [0.2, 0.25) is 11.8 Å². The van der Waals surface area contributed by atoms with Crippen molar-refractivity contribution in [3.05, 3.63) is 35.4 Å². The van der Waals surface area contributed by atoms with Crippen LogP contribution in [0.3, 0.4) is 0 Å². The van der Waals surface area contributed by atoms with Crippen LogP contribution in [0.1, 0.15) is 30.0 Å². The van der Waals surface area contributed by atoms with Crippen LogP contribution in [0.5, 0.6) is 0 Å². The maximum absolute atomic E-state index is 13.2. The Hall–Kier alpha value is -1.93. The van der Waals surface area contributed by atoms with Crippen LogP contribution in [0.15, 0.2) is 24.3 Å². The van der Waals surface area contributed by atoms with E-state index < -0.39 is 27.7 Å². The van der Waals surface area contributed by atoms with E-state index in [-0.39, 0.29) is 30.1 Å². The largest absolute Gasteiger partial charge is 0.375 e. The molecule has 1 unspecified atom stereocenters. The molecule has 0 radical (unpaired) electrons. The molecule has 7 nitrogen and oxygen atoms in total. The van der Waals surface area contributed by atoms with Crippen LogP contribution in [-0.2, 0) is 24.2 Å². The van der Waals surface area contributed by atoms with Gasteiger partial charge in [0, 0.05) is 13.7 Å². The molecule has 2 amide bonds. The number of nitrogens with zero attached hydrogens (tertiary/aromatic N) is 1. The third kappa shape index (κ3) is 4.50. The van der Waals surface area contributed by atoms with E-state index in [1.807, 2.05) is 25.1 Å². The van der Waals surface area contributed by atoms with Crippen molar-refractivity contribution in [3.8, 4) is 0 Å². The second kappa shape index (κ2) is 7.98. The Morgan fingerprint density at radius 3 is 2.78 bits per heavy atom. The van der Waals surface area contributed by atoms with Crippen molar-refractivity contribution in [2.75, 3.05) is 31.8 Å². The van der Waals surface area contributed by atoms with Crippen LogP contribution in [0.4, 0.5) is 0 Å². The Morgan fingerprint density at radius 2 is 2.07 bits per heavy atom. The number of hydrogen-bond acceptors (Lipinski definition) is 5. The lowest BCUT2D eigenvalue weighted by Crippen LogP contribution is -2.48. The fourth-order valence-electron chi connectivity index (χ4n) is 4.08. The molecule has 8 heteroatoms. The second-order valence-corrected chi connectivity index (χ2v) is 9.55. The van der Waals surface area contributed by atoms with Gasteiger partial charge < -0.3 is 15.0 Å². The number of hydrogen-bond donors (Lipinski definition) is 1. The Kier molecular flexibility index (Phi) is 5.86. The van der Waals surface area contributed by atoms with Crippen molar-refractivity contribution in [3.63, 3.8) is 0 Å². The number of rotatable bonds is 5. The molecule has 2 fully saturated rings. The van der Waals surface area contributed by atoms with Gasteiger partial charge in [-0.3, -0.25) is 9.59 Å². The molecule has 3 atom stereocenters. The molecule has 2 saturated heterocycles. The quantitative estimate of drug-likeness (QED) is 0.799. The lowest BCUT2D eigenvalue weighted by molar-refractivity contribution is -0.136. The number of sulfone groups is 1. The average Bonchev–Trinajstić information content (AvgIpc) is 3.19. The van der Waals surface area contributed by atoms with Crippen LogP contribution in [-0.4, -0.2) is 62.9 Å². The summed E-state index contributed by atoms with van der Waals surface area (Å²) < 4.78 is 29.1. The van der Waals surface area contributed by atoms with Gasteiger partial charge in [-0.05, 0) is 25.3 Å². The summed E-state index contributed by atoms with van der Waals surface area (Å²) in [5.41, 5.74) is 2.20. The predicted octanol–water partition coefficient (Wildman–Crippen LogP) is 0.834. The van der Waals surface area contributed by atoms with Crippen LogP contribution in [0.2, 0.25) is 0 Å². The lowest BCUT2D eigenvalue weighted by atomic mass is 9.98. The molecule has 2 aliphatic heterocycles. The van der Waals surface area contributed by atoms with E-state index in [0.717, 1.165) is 24.0 Å². The standard InChI is InChI=1S/C19H26N2O5S/c1-13-5-3-6-14(9-13)17-7-4-8-21(17)19(23)15-11-27(24,25)12-16(15)20-18(22)10-26-2/h3,5-6,9,15-17H,4,7-8,10-12H2,1-2H3,(H,20,22)/t15-,16-,17?/m1/s1. The van der Waals surface area contributed by atoms with E-state index in [9.17, 15) is 18.0 Å². The summed E-state index contributed by atoms with van der Waals surface area (Å²) >= 11 is 0. The molecule has 1 aromatic rings. The number of benzene rings is 1. The number of carbonyl (C=O) groups excluding carboxylic acids is 2. The molecule has 2 heterocycles. The Balaban J connectivity index is 1.80. The van der Waals surface area contributed by atoms with E-state index >= 15 is 0 Å². The van der Waals surface area contributed by atoms with Crippen molar-refractivity contribution in [2.45, 2.75) is 31.8 Å². The third-order valence-electron chi connectivity index (χ3n) is 5.25. The maximum Gasteiger partial charge on any atom is 0.246 e. The first-order valence-corrected chi connectivity index (χ1v) is 11.0. The molecule has 3 rings (SSSR count). The molecule has 1 aromatic carbocycles. The van der Waals surface area contributed by atoms with Gasteiger partial charge in [0.15, 0.2) is 9.84 Å². The highest BCUT2D eigenvalue weighted by Crippen LogP contribution is 2.35. The molecular formula is C19H26N2O5S. The average molecular weight is 394 g/mol. The highest BCUT2D eigenvalue weighted by molar-refractivity contribution is 7.91. The van der Waals surface area contributed by atoms with Crippen LogP contribution in [0.25, 0.3) is 0 Å². The monoisotopic (exact) mass is 394 g/mol. The fraction of sp³-hybridized carbons (Fsp3) is 0.579. The Morgan fingerprint density at radius 1 is 1.30 bits per heavy atom. The molecule has 1 N–H and O–H groups in total. The van der Waals surface area contributed by atoms with Gasteiger partial charge in [0.1, 0.15) is 6.61 Å². The second-order valence-electron chi connectivity index (χ2n) is 7.39. The van der Waals surface area contributed by atoms with E-state index in [2.05, 4.69) is 11.4 Å². The first kappa shape index (κ1) is 19.8. The summed E-state index contributed by atoms with van der Waals surface area (Å²) in [6.07, 6.45) is 1.74. The van der Waals surface area contributed by atoms with Crippen LogP contribution < -0.4 is 5.32 Å². The number of aryl methyl sites for hydroxylation is 1. The summed E-state index contributed by atoms with van der Waals surface area (Å²) in [5, 5.41) is 2.66. The highest BCUT2D eigenvalue weighted by Gasteiger charge is 2.46. The molecule has 0 spiro atoms. The summed E-state index contributed by atoms with van der Waals surface area (Å²) in [4.78, 5) is 26.9. The first-order valence-electron chi connectivity index (χ1n) is 9.16. The van der Waals surface area contributed by atoms with Crippen molar-refractivity contribution in [1.82, 2.24) is 10.2 Å². The molecular weight excluding hydrogens is 368 g/mol. The SMILES string of the molecule is COCC(=O)N[C@@H]1CS(=O)(=O)C[C@H]1C(=O)N1CCCC1c1cccc(C)c1. The minimum absolute atomic E-state index is 0.0453. The molecule has 0 aromatic heterocycles. The normalized spacial score (nSPS) is 26.9. The minimum atomic E-state index is -3.37. The van der Waals surface area contributed by atoms with Gasteiger partial charge in [-0.15, -0.1) is 0 Å². The third-order valence-corrected chi connectivity index (χ3v) is 6.99. The number of ether oxygens (including phenoxy) is 1. The fourth-order valence-corrected chi connectivity index (χ4v) is 6.00. The maximum atomic E-state index is 13.2. The van der Waals surface area contributed by atoms with Crippen molar-refractivity contribution in [2.24, 2.45) is 5.92 Å². The number of carbonyl (C=O) groups is 2. The van der Waals surface area contributed by atoms with Crippen LogP contribution >= 0.6 is 0 Å². The van der Waals surface area contributed by atoms with E-state index in [1.165, 1.54) is 7.11 Å². The lowest BCUT2D eigenvalue weighted by Gasteiger charge is -2.30. The van der Waals surface area contributed by atoms with Crippen molar-refractivity contribution in [1.29, 1.82) is 0 Å². The van der Waals surface area contributed by atoms with Gasteiger partial charge in [0.25, 0.3) is 0 Å². The summed E-state index contributed by atoms with van der Waals surface area (Å²) in [7, 11) is -1.98. The number of nitrogens with one attached hydrogen (secondary N) is 1. The molecule has 0 bridgehead atoms. The van der Waals surface area contributed by atoms with Crippen LogP contribution in [0, 0.1) is 12.8 Å². The van der Waals surface area contributed by atoms with Gasteiger partial charge >= 0.3 is 0 Å². The van der Waals surface area contributed by atoms with E-state index in [0.29, 0.717) is 6.54 Å². The summed E-state index contributed by atoms with van der Waals surface area (Å²) in [6.45, 7) is 2.45. The zero-order valence-corrected chi connectivity index (χ0v) is 16.5. The highest BCUT2D eigenvalue weighted by atomic mass is 32.2. The van der Waals surface area contributed by atoms with Gasteiger partial charge in [-0.1, -0.05) is 29.8 Å². The molecule has 2 aliphatic rings. The number of likely N-dealkylation sites (tertiary alicyclic amines) is 1. The summed E-state index contributed by atoms with van der Waals surface area (Å²) in [5.74, 6) is -1.78. The summed E-state index contributed by atoms with van der Waals surface area (Å²) in [6, 6.07) is 7.31. The molecule has 148 valence electrons. The van der Waals surface area contributed by atoms with Crippen molar-refractivity contribution >= 4 is 21.7 Å². The zero-order chi connectivity index (χ0) is 19.6. The van der Waals surface area contributed by atoms with E-state index in [1.54, 1.807) is 4.90 Å². The van der Waals surface area contributed by atoms with Gasteiger partial charge in [-0.2, -0.15) is 0 Å². The van der Waals surface area contributed by atoms with Gasteiger partial charge in [0.05, 0.1) is 29.5 Å². The zero-order valence-electron chi connectivity index (χ0n) is 15.7. The minimum Gasteiger partial charge on any atom is -0.375 e. The smallest absolute Gasteiger partial charge is 0.246 e. The molecule has 0 aliphatic carbocycles. The van der Waals surface area contributed by atoms with Crippen molar-refractivity contribution < 1.29 is 22.7 Å². The molecule has 27 heavy (non-hydrogen) atoms. The van der Waals surface area contributed by atoms with E-state index in [4.69, 9.17) is 4.74 Å². The predicted molar refractivity (Wildman–Crippen MR) is 101 cm³/mol.